The number of thiazole rings is 1. The average molecular weight is 386 g/mol. The molecule has 4 heterocycles. The molecule has 0 aliphatic rings. The van der Waals surface area contributed by atoms with Crippen LogP contribution in [0.25, 0.3) is 11.0 Å². The van der Waals surface area contributed by atoms with Crippen LogP contribution >= 0.6 is 22.9 Å². The minimum absolute atomic E-state index is 0.527. The molecule has 0 unspecified atom stereocenters. The molecule has 0 aromatic carbocycles. The van der Waals surface area contributed by atoms with Crippen molar-refractivity contribution in [1.29, 1.82) is 0 Å². The van der Waals surface area contributed by atoms with Crippen LogP contribution in [0.15, 0.2) is 43.0 Å². The van der Waals surface area contributed by atoms with Crippen LogP contribution in [0.4, 0.5) is 5.13 Å². The summed E-state index contributed by atoms with van der Waals surface area (Å²) in [4.78, 5) is 17.1. The van der Waals surface area contributed by atoms with Gasteiger partial charge in [0.15, 0.2) is 5.13 Å². The summed E-state index contributed by atoms with van der Waals surface area (Å²) in [7, 11) is 1.63. The van der Waals surface area contributed by atoms with Gasteiger partial charge in [-0.05, 0) is 29.3 Å². The van der Waals surface area contributed by atoms with Gasteiger partial charge in [-0.25, -0.2) is 9.97 Å². The zero-order chi connectivity index (χ0) is 17.9. The number of H-pyrrole nitrogens is 1. The Labute approximate surface area is 159 Å². The van der Waals surface area contributed by atoms with Crippen LogP contribution in [0, 0.1) is 0 Å². The summed E-state index contributed by atoms with van der Waals surface area (Å²) >= 11 is 7.90. The highest BCUT2D eigenvalue weighted by Gasteiger charge is 2.13. The molecule has 0 fully saturated rings. The largest absolute Gasteiger partial charge is 0.495 e. The molecule has 0 atom stereocenters. The summed E-state index contributed by atoms with van der Waals surface area (Å²) in [6.07, 6.45) is 7.94. The van der Waals surface area contributed by atoms with Gasteiger partial charge in [0, 0.05) is 36.9 Å². The molecule has 4 aromatic rings. The van der Waals surface area contributed by atoms with Gasteiger partial charge < -0.3 is 15.0 Å². The molecule has 0 spiro atoms. The van der Waals surface area contributed by atoms with Crippen molar-refractivity contribution < 1.29 is 4.74 Å². The predicted molar refractivity (Wildman–Crippen MR) is 104 cm³/mol. The van der Waals surface area contributed by atoms with Crippen LogP contribution in [0.3, 0.4) is 0 Å². The first-order valence-electron chi connectivity index (χ1n) is 8.01. The molecule has 0 radical (unpaired) electrons. The van der Waals surface area contributed by atoms with Gasteiger partial charge in [-0.3, -0.25) is 4.98 Å². The lowest BCUT2D eigenvalue weighted by Crippen LogP contribution is -1.99. The second-order valence-electron chi connectivity index (χ2n) is 5.71. The monoisotopic (exact) mass is 385 g/mol. The van der Waals surface area contributed by atoms with Crippen molar-refractivity contribution in [3.63, 3.8) is 0 Å². The fourth-order valence-electron chi connectivity index (χ4n) is 2.70. The highest BCUT2D eigenvalue weighted by molar-refractivity contribution is 7.16. The number of fused-ring (bicyclic) bond motifs is 1. The lowest BCUT2D eigenvalue weighted by atomic mass is 10.1. The molecule has 26 heavy (non-hydrogen) atoms. The van der Waals surface area contributed by atoms with Gasteiger partial charge in [-0.1, -0.05) is 11.6 Å². The minimum atomic E-state index is 0.527. The Morgan fingerprint density at radius 3 is 3.15 bits per heavy atom. The molecular formula is C18H16ClN5OS. The van der Waals surface area contributed by atoms with Crippen LogP contribution in [-0.4, -0.2) is 27.0 Å². The Balaban J connectivity index is 1.48. The van der Waals surface area contributed by atoms with Crippen LogP contribution < -0.4 is 10.1 Å². The maximum Gasteiger partial charge on any atom is 0.184 e. The first-order chi connectivity index (χ1) is 12.7. The smallest absolute Gasteiger partial charge is 0.184 e. The van der Waals surface area contributed by atoms with Crippen molar-refractivity contribution in [1.82, 2.24) is 19.9 Å². The molecule has 8 heteroatoms. The number of hydrogen-bond acceptors (Lipinski definition) is 6. The third-order valence-electron chi connectivity index (χ3n) is 3.99. The molecule has 0 amide bonds. The summed E-state index contributed by atoms with van der Waals surface area (Å²) in [6.45, 7) is 0.602. The Kier molecular flexibility index (Phi) is 4.73. The number of methoxy groups -OCH3 is 1. The lowest BCUT2D eigenvalue weighted by Gasteiger charge is -2.04. The first kappa shape index (κ1) is 16.8. The molecule has 0 bridgehead atoms. The molecule has 0 saturated heterocycles. The molecular weight excluding hydrogens is 370 g/mol. The highest BCUT2D eigenvalue weighted by Crippen LogP contribution is 2.31. The number of nitrogens with one attached hydrogen (secondary N) is 2. The second kappa shape index (κ2) is 7.31. The topological polar surface area (TPSA) is 75.7 Å². The van der Waals surface area contributed by atoms with E-state index in [4.69, 9.17) is 16.3 Å². The van der Waals surface area contributed by atoms with E-state index < -0.39 is 0 Å². The van der Waals surface area contributed by atoms with Crippen LogP contribution in [-0.2, 0) is 13.0 Å². The third-order valence-corrected chi connectivity index (χ3v) is 5.42. The van der Waals surface area contributed by atoms with Crippen LogP contribution in [0.1, 0.15) is 16.0 Å². The van der Waals surface area contributed by atoms with Gasteiger partial charge in [-0.15, -0.1) is 11.3 Å². The van der Waals surface area contributed by atoms with E-state index in [1.54, 1.807) is 37.0 Å². The molecule has 132 valence electrons. The maximum atomic E-state index is 6.34. The number of aromatic nitrogens is 4. The number of anilines is 1. The van der Waals surface area contributed by atoms with Crippen molar-refractivity contribution in [2.45, 2.75) is 13.0 Å². The summed E-state index contributed by atoms with van der Waals surface area (Å²) in [6, 6.07) is 5.93. The standard InChI is InChI=1S/C18H16ClN5OS/c1-25-13-5-11(7-20-10-13)8-23-18-24-16(19)15(26-18)6-12-9-22-17-14(12)3-2-4-21-17/h2-5,7,9-10H,6,8H2,1H3,(H,21,22)(H,23,24). The van der Waals surface area contributed by atoms with E-state index in [1.165, 1.54) is 0 Å². The average Bonchev–Trinajstić information content (AvgIpc) is 3.24. The van der Waals surface area contributed by atoms with Crippen molar-refractivity contribution in [2.24, 2.45) is 0 Å². The lowest BCUT2D eigenvalue weighted by molar-refractivity contribution is 0.412. The Morgan fingerprint density at radius 2 is 2.27 bits per heavy atom. The van der Waals surface area contributed by atoms with E-state index >= 15 is 0 Å². The van der Waals surface area contributed by atoms with Crippen molar-refractivity contribution in [2.75, 3.05) is 12.4 Å². The quantitative estimate of drug-likeness (QED) is 0.518. The molecule has 2 N–H and O–H groups in total. The number of nitrogens with zero attached hydrogens (tertiary/aromatic N) is 3. The van der Waals surface area contributed by atoms with Gasteiger partial charge in [-0.2, -0.15) is 0 Å². The fourth-order valence-corrected chi connectivity index (χ4v) is 3.89. The molecule has 4 aromatic heterocycles. The van der Waals surface area contributed by atoms with E-state index in [2.05, 4.69) is 31.3 Å². The minimum Gasteiger partial charge on any atom is -0.495 e. The Hall–Kier alpha value is -2.64. The van der Waals surface area contributed by atoms with E-state index in [-0.39, 0.29) is 0 Å². The number of pyridine rings is 2. The third kappa shape index (κ3) is 3.49. The van der Waals surface area contributed by atoms with Crippen molar-refractivity contribution >= 4 is 39.1 Å². The molecule has 0 saturated carbocycles. The Morgan fingerprint density at radius 1 is 1.35 bits per heavy atom. The zero-order valence-corrected chi connectivity index (χ0v) is 15.6. The van der Waals surface area contributed by atoms with Crippen molar-refractivity contribution in [3.05, 3.63) is 64.1 Å². The number of hydrogen-bond donors (Lipinski definition) is 2. The fraction of sp³-hybridized carbons (Fsp3) is 0.167. The zero-order valence-electron chi connectivity index (χ0n) is 14.0. The van der Waals surface area contributed by atoms with E-state index in [1.807, 2.05) is 18.3 Å². The normalized spacial score (nSPS) is 11.0. The predicted octanol–water partition coefficient (Wildman–Crippen LogP) is 4.28. The Bertz CT molecular complexity index is 1040. The van der Waals surface area contributed by atoms with Gasteiger partial charge in [0.05, 0.1) is 18.2 Å². The maximum absolute atomic E-state index is 6.34. The summed E-state index contributed by atoms with van der Waals surface area (Å²) in [5.74, 6) is 0.732. The second-order valence-corrected chi connectivity index (χ2v) is 7.15. The number of halogens is 1. The summed E-state index contributed by atoms with van der Waals surface area (Å²) in [5.41, 5.74) is 3.05. The van der Waals surface area contributed by atoms with Gasteiger partial charge in [0.2, 0.25) is 0 Å². The summed E-state index contributed by atoms with van der Waals surface area (Å²) < 4.78 is 5.19. The van der Waals surface area contributed by atoms with Crippen molar-refractivity contribution in [3.8, 4) is 5.75 Å². The van der Waals surface area contributed by atoms with Crippen LogP contribution in [0.2, 0.25) is 5.15 Å². The van der Waals surface area contributed by atoms with E-state index in [0.29, 0.717) is 18.1 Å². The van der Waals surface area contributed by atoms with E-state index in [9.17, 15) is 0 Å². The SMILES string of the molecule is COc1cncc(CNc2nc(Cl)c(Cc3c[nH]c4ncccc34)s2)c1. The van der Waals surface area contributed by atoms with E-state index in [0.717, 1.165) is 37.9 Å². The molecule has 4 rings (SSSR count). The van der Waals surface area contributed by atoms with Gasteiger partial charge >= 0.3 is 0 Å². The molecule has 0 aliphatic heterocycles. The van der Waals surface area contributed by atoms with Gasteiger partial charge in [0.25, 0.3) is 0 Å². The van der Waals surface area contributed by atoms with Gasteiger partial charge in [0.1, 0.15) is 16.5 Å². The highest BCUT2D eigenvalue weighted by atomic mass is 35.5. The molecule has 6 nitrogen and oxygen atoms in total. The van der Waals surface area contributed by atoms with Crippen LogP contribution in [0.5, 0.6) is 5.75 Å². The molecule has 0 aliphatic carbocycles. The summed E-state index contributed by atoms with van der Waals surface area (Å²) in [5, 5.41) is 5.71. The first-order valence-corrected chi connectivity index (χ1v) is 9.20. The number of aromatic amines is 1. The number of rotatable bonds is 6. The number of ether oxygens (including phenoxy) is 1.